The number of hydrogen-bond acceptors (Lipinski definition) is 8. The topological polar surface area (TPSA) is 138 Å². The van der Waals surface area contributed by atoms with Gasteiger partial charge in [0.25, 0.3) is 10.0 Å². The number of sulfonamides is 2. The average Bonchev–Trinajstić information content (AvgIpc) is 3.22. The molecule has 2 heterocycles. The van der Waals surface area contributed by atoms with Gasteiger partial charge in [-0.3, -0.25) is 4.79 Å². The molecule has 0 unspecified atom stereocenters. The average molecular weight is 448 g/mol. The van der Waals surface area contributed by atoms with Gasteiger partial charge in [0.05, 0.1) is 22.2 Å². The lowest BCUT2D eigenvalue weighted by atomic mass is 10.3. The standard InChI is InChI=1S/C14H13N3O6S4/c1-23-12(18)8-17-10-5-4-9(26(15,19)20)7-11(10)25-14(17)16-27(21,22)13-3-2-6-24-13/h2-7H,8H2,1H3,(H2,15,19,20). The Morgan fingerprint density at radius 1 is 1.26 bits per heavy atom. The van der Waals surface area contributed by atoms with Gasteiger partial charge in [-0.15, -0.1) is 15.7 Å². The molecule has 0 saturated carbocycles. The molecule has 0 bridgehead atoms. The Hall–Kier alpha value is -2.06. The smallest absolute Gasteiger partial charge is 0.325 e. The number of hydrogen-bond donors (Lipinski definition) is 1. The maximum Gasteiger partial charge on any atom is 0.325 e. The van der Waals surface area contributed by atoms with Crippen LogP contribution in [0.4, 0.5) is 0 Å². The Labute approximate surface area is 162 Å². The highest BCUT2D eigenvalue weighted by atomic mass is 32.2. The third-order valence-corrected chi connectivity index (χ3v) is 8.15. The molecule has 0 fully saturated rings. The molecule has 9 nitrogen and oxygen atoms in total. The number of rotatable bonds is 5. The van der Waals surface area contributed by atoms with E-state index in [1.54, 1.807) is 11.4 Å². The lowest BCUT2D eigenvalue weighted by Crippen LogP contribution is -2.22. The summed E-state index contributed by atoms with van der Waals surface area (Å²) in [6.45, 7) is -0.288. The van der Waals surface area contributed by atoms with E-state index in [4.69, 9.17) is 5.14 Å². The van der Waals surface area contributed by atoms with Gasteiger partial charge < -0.3 is 9.30 Å². The van der Waals surface area contributed by atoms with Gasteiger partial charge in [-0.2, -0.15) is 8.42 Å². The molecule has 27 heavy (non-hydrogen) atoms. The summed E-state index contributed by atoms with van der Waals surface area (Å²) in [7, 11) is -6.72. The molecule has 0 amide bonds. The number of aromatic nitrogens is 1. The number of thiophene rings is 1. The monoisotopic (exact) mass is 447 g/mol. The molecule has 2 aromatic heterocycles. The van der Waals surface area contributed by atoms with Crippen molar-refractivity contribution in [2.45, 2.75) is 15.6 Å². The van der Waals surface area contributed by atoms with E-state index in [1.165, 1.54) is 35.9 Å². The largest absolute Gasteiger partial charge is 0.468 e. The molecular weight excluding hydrogens is 434 g/mol. The number of benzene rings is 1. The minimum Gasteiger partial charge on any atom is -0.468 e. The van der Waals surface area contributed by atoms with Gasteiger partial charge in [0.2, 0.25) is 14.8 Å². The Kier molecular flexibility index (Phi) is 5.22. The number of carbonyl (C=O) groups is 1. The summed E-state index contributed by atoms with van der Waals surface area (Å²) in [6, 6.07) is 7.01. The fourth-order valence-corrected chi connectivity index (χ4v) is 6.06. The highest BCUT2D eigenvalue weighted by Gasteiger charge is 2.18. The van der Waals surface area contributed by atoms with Crippen LogP contribution in [0.3, 0.4) is 0 Å². The molecule has 0 spiro atoms. The van der Waals surface area contributed by atoms with Gasteiger partial charge in [0.1, 0.15) is 10.8 Å². The van der Waals surface area contributed by atoms with Crippen LogP contribution in [-0.2, 0) is 36.1 Å². The molecule has 1 aromatic carbocycles. The normalized spacial score (nSPS) is 13.2. The zero-order valence-corrected chi connectivity index (χ0v) is 17.0. The van der Waals surface area contributed by atoms with Crippen LogP contribution in [0.25, 0.3) is 10.2 Å². The molecule has 0 atom stereocenters. The molecule has 3 aromatic rings. The van der Waals surface area contributed by atoms with Crippen molar-refractivity contribution in [2.75, 3.05) is 7.11 Å². The van der Waals surface area contributed by atoms with E-state index in [0.717, 1.165) is 22.7 Å². The van der Waals surface area contributed by atoms with Crippen molar-refractivity contribution in [1.29, 1.82) is 0 Å². The lowest BCUT2D eigenvalue weighted by Gasteiger charge is -2.04. The second kappa shape index (κ2) is 7.16. The van der Waals surface area contributed by atoms with Crippen LogP contribution >= 0.6 is 22.7 Å². The number of carbonyl (C=O) groups excluding carboxylic acids is 1. The van der Waals surface area contributed by atoms with Crippen LogP contribution in [0.5, 0.6) is 0 Å². The Bertz CT molecular complexity index is 1280. The van der Waals surface area contributed by atoms with Gasteiger partial charge in [0, 0.05) is 0 Å². The molecule has 144 valence electrons. The van der Waals surface area contributed by atoms with Gasteiger partial charge >= 0.3 is 5.97 Å². The first-order valence-electron chi connectivity index (χ1n) is 7.19. The maximum atomic E-state index is 12.5. The van der Waals surface area contributed by atoms with E-state index in [1.807, 2.05) is 0 Å². The first-order chi connectivity index (χ1) is 12.6. The molecule has 0 aliphatic rings. The number of primary sulfonamides is 1. The van der Waals surface area contributed by atoms with E-state index in [0.29, 0.717) is 10.2 Å². The van der Waals surface area contributed by atoms with Crippen molar-refractivity contribution in [3.63, 3.8) is 0 Å². The summed E-state index contributed by atoms with van der Waals surface area (Å²) in [5.41, 5.74) is 0.429. The summed E-state index contributed by atoms with van der Waals surface area (Å²) >= 11 is 1.94. The number of nitrogens with two attached hydrogens (primary N) is 1. The third-order valence-electron chi connectivity index (χ3n) is 3.45. The maximum absolute atomic E-state index is 12.5. The quantitative estimate of drug-likeness (QED) is 0.576. The second-order valence-corrected chi connectivity index (χ2v) is 10.6. The van der Waals surface area contributed by atoms with E-state index in [2.05, 4.69) is 9.13 Å². The van der Waals surface area contributed by atoms with Crippen LogP contribution in [0.2, 0.25) is 0 Å². The molecule has 2 N–H and O–H groups in total. The fraction of sp³-hybridized carbons (Fsp3) is 0.143. The van der Waals surface area contributed by atoms with Crippen molar-refractivity contribution in [3.8, 4) is 0 Å². The van der Waals surface area contributed by atoms with Gasteiger partial charge in [-0.05, 0) is 29.6 Å². The minimum atomic E-state index is -3.98. The van der Waals surface area contributed by atoms with Crippen LogP contribution in [0, 0.1) is 0 Å². The van der Waals surface area contributed by atoms with Crippen molar-refractivity contribution >= 4 is 58.9 Å². The third kappa shape index (κ3) is 4.11. The number of esters is 1. The van der Waals surface area contributed by atoms with Crippen LogP contribution in [0.1, 0.15) is 0 Å². The zero-order chi connectivity index (χ0) is 19.8. The zero-order valence-electron chi connectivity index (χ0n) is 13.7. The molecule has 3 rings (SSSR count). The number of methoxy groups -OCH3 is 1. The molecule has 13 heteroatoms. The lowest BCUT2D eigenvalue weighted by molar-refractivity contribution is -0.141. The highest BCUT2D eigenvalue weighted by molar-refractivity contribution is 7.92. The van der Waals surface area contributed by atoms with Crippen molar-refractivity contribution < 1.29 is 26.4 Å². The summed E-state index contributed by atoms with van der Waals surface area (Å²) in [6.07, 6.45) is 0. The van der Waals surface area contributed by atoms with Gasteiger partial charge in [-0.1, -0.05) is 17.4 Å². The predicted octanol–water partition coefficient (Wildman–Crippen LogP) is 0.874. The number of nitrogens with zero attached hydrogens (tertiary/aromatic N) is 2. The van der Waals surface area contributed by atoms with E-state index in [9.17, 15) is 21.6 Å². The van der Waals surface area contributed by atoms with Crippen LogP contribution in [-0.4, -0.2) is 34.5 Å². The summed E-state index contributed by atoms with van der Waals surface area (Å²) in [5.74, 6) is -0.611. The van der Waals surface area contributed by atoms with Crippen LogP contribution in [0.15, 0.2) is 49.2 Å². The Balaban J connectivity index is 2.28. The first-order valence-corrected chi connectivity index (χ1v) is 11.9. The minimum absolute atomic E-state index is 0.00960. The Morgan fingerprint density at radius 2 is 2.00 bits per heavy atom. The second-order valence-electron chi connectivity index (χ2n) is 5.22. The number of fused-ring (bicyclic) bond motifs is 1. The molecule has 0 aliphatic heterocycles. The summed E-state index contributed by atoms with van der Waals surface area (Å²) < 4.78 is 58.4. The van der Waals surface area contributed by atoms with Crippen molar-refractivity contribution in [3.05, 3.63) is 40.5 Å². The SMILES string of the molecule is COC(=O)Cn1c(=NS(=O)(=O)c2cccs2)sc2cc(S(N)(=O)=O)ccc21. The number of thiazole rings is 1. The van der Waals surface area contributed by atoms with E-state index >= 15 is 0 Å². The van der Waals surface area contributed by atoms with E-state index in [-0.39, 0.29) is 20.5 Å². The summed E-state index contributed by atoms with van der Waals surface area (Å²) in [5, 5.41) is 6.74. The van der Waals surface area contributed by atoms with E-state index < -0.39 is 26.0 Å². The predicted molar refractivity (Wildman–Crippen MR) is 100 cm³/mol. The molecular formula is C14H13N3O6S4. The molecule has 0 radical (unpaired) electrons. The fourth-order valence-electron chi connectivity index (χ4n) is 2.21. The molecule has 0 aliphatic carbocycles. The van der Waals surface area contributed by atoms with Crippen LogP contribution < -0.4 is 9.94 Å². The van der Waals surface area contributed by atoms with Gasteiger partial charge in [0.15, 0.2) is 0 Å². The molecule has 0 saturated heterocycles. The summed E-state index contributed by atoms with van der Waals surface area (Å²) in [4.78, 5) is 11.6. The number of ether oxygens (including phenoxy) is 1. The van der Waals surface area contributed by atoms with Crippen molar-refractivity contribution in [1.82, 2.24) is 4.57 Å². The highest BCUT2D eigenvalue weighted by Crippen LogP contribution is 2.23. The first kappa shape index (κ1) is 19.7. The van der Waals surface area contributed by atoms with Crippen molar-refractivity contribution in [2.24, 2.45) is 9.54 Å². The van der Waals surface area contributed by atoms with Gasteiger partial charge in [-0.25, -0.2) is 13.6 Å². The Morgan fingerprint density at radius 3 is 2.59 bits per heavy atom.